The Morgan fingerprint density at radius 2 is 1.56 bits per heavy atom. The molecule has 0 unspecified atom stereocenters. The first-order chi connectivity index (χ1) is 7.64. The smallest absolute Gasteiger partial charge is 0.00507 e. The lowest BCUT2D eigenvalue weighted by molar-refractivity contribution is -0.0431. The molecule has 3 aliphatic rings. The molecule has 0 bridgehead atoms. The van der Waals surface area contributed by atoms with Gasteiger partial charge in [0.05, 0.1) is 0 Å². The molecular weight excluding hydrogens is 194 g/mol. The van der Waals surface area contributed by atoms with Crippen molar-refractivity contribution in [3.8, 4) is 0 Å². The molecule has 0 radical (unpaired) electrons. The summed E-state index contributed by atoms with van der Waals surface area (Å²) in [5.74, 6) is 0.899. The van der Waals surface area contributed by atoms with Crippen LogP contribution in [0.4, 0.5) is 0 Å². The molecule has 1 saturated heterocycles. The van der Waals surface area contributed by atoms with Gasteiger partial charge in [0.1, 0.15) is 0 Å². The molecule has 0 aromatic rings. The van der Waals surface area contributed by atoms with Crippen molar-refractivity contribution in [2.24, 2.45) is 16.7 Å². The minimum absolute atomic E-state index is 0.732. The highest BCUT2D eigenvalue weighted by Crippen LogP contribution is 2.54. The van der Waals surface area contributed by atoms with E-state index >= 15 is 0 Å². The summed E-state index contributed by atoms with van der Waals surface area (Å²) in [5, 5.41) is 0. The van der Waals surface area contributed by atoms with E-state index in [0.717, 1.165) is 16.7 Å². The number of hydrogen-bond acceptors (Lipinski definition) is 1. The van der Waals surface area contributed by atoms with E-state index in [1.54, 1.807) is 0 Å². The van der Waals surface area contributed by atoms with Crippen LogP contribution in [0.5, 0.6) is 0 Å². The van der Waals surface area contributed by atoms with Crippen LogP contribution in [0.2, 0.25) is 0 Å². The molecule has 0 atom stereocenters. The molecule has 92 valence electrons. The van der Waals surface area contributed by atoms with Gasteiger partial charge in [-0.25, -0.2) is 0 Å². The maximum Gasteiger partial charge on any atom is 0.00507 e. The van der Waals surface area contributed by atoms with Gasteiger partial charge < -0.3 is 4.90 Å². The second kappa shape index (κ2) is 3.73. The van der Waals surface area contributed by atoms with Gasteiger partial charge in [-0.15, -0.1) is 0 Å². The molecule has 2 aliphatic carbocycles. The molecule has 1 heterocycles. The third-order valence-corrected chi connectivity index (χ3v) is 5.69. The van der Waals surface area contributed by atoms with E-state index in [4.69, 9.17) is 0 Å². The minimum atomic E-state index is 0.732. The Bertz CT molecular complexity index is 251. The van der Waals surface area contributed by atoms with Crippen LogP contribution in [0, 0.1) is 16.7 Å². The SMILES string of the molecule is CC(C)C1(CN2CC3(CCCCC3)C2)CC1. The van der Waals surface area contributed by atoms with Gasteiger partial charge in [-0.05, 0) is 42.4 Å². The van der Waals surface area contributed by atoms with E-state index in [1.807, 2.05) is 0 Å². The predicted octanol–water partition coefficient (Wildman–Crippen LogP) is 3.69. The van der Waals surface area contributed by atoms with Crippen LogP contribution in [-0.4, -0.2) is 24.5 Å². The summed E-state index contributed by atoms with van der Waals surface area (Å²) in [7, 11) is 0. The highest BCUT2D eigenvalue weighted by atomic mass is 15.2. The van der Waals surface area contributed by atoms with E-state index < -0.39 is 0 Å². The van der Waals surface area contributed by atoms with Crippen molar-refractivity contribution in [1.29, 1.82) is 0 Å². The molecule has 3 rings (SSSR count). The Morgan fingerprint density at radius 1 is 0.938 bits per heavy atom. The van der Waals surface area contributed by atoms with Gasteiger partial charge in [0.2, 0.25) is 0 Å². The average molecular weight is 221 g/mol. The molecule has 2 saturated carbocycles. The lowest BCUT2D eigenvalue weighted by Crippen LogP contribution is -2.58. The van der Waals surface area contributed by atoms with Crippen LogP contribution in [0.15, 0.2) is 0 Å². The molecule has 0 amide bonds. The normalized spacial score (nSPS) is 31.7. The third kappa shape index (κ3) is 1.81. The number of rotatable bonds is 3. The molecule has 3 fully saturated rings. The van der Waals surface area contributed by atoms with Crippen molar-refractivity contribution in [3.05, 3.63) is 0 Å². The van der Waals surface area contributed by atoms with Crippen molar-refractivity contribution in [1.82, 2.24) is 4.90 Å². The topological polar surface area (TPSA) is 3.24 Å². The number of likely N-dealkylation sites (tertiary alicyclic amines) is 1. The number of nitrogens with zero attached hydrogens (tertiary/aromatic N) is 1. The van der Waals surface area contributed by atoms with Crippen molar-refractivity contribution in [3.63, 3.8) is 0 Å². The predicted molar refractivity (Wildman–Crippen MR) is 68.5 cm³/mol. The van der Waals surface area contributed by atoms with Crippen LogP contribution in [0.1, 0.15) is 58.8 Å². The molecule has 16 heavy (non-hydrogen) atoms. The van der Waals surface area contributed by atoms with Crippen LogP contribution in [0.25, 0.3) is 0 Å². The lowest BCUT2D eigenvalue weighted by Gasteiger charge is -2.54. The molecule has 1 heteroatoms. The lowest BCUT2D eigenvalue weighted by atomic mass is 9.68. The van der Waals surface area contributed by atoms with Crippen molar-refractivity contribution >= 4 is 0 Å². The standard InChI is InChI=1S/C15H27N/c1-13(2)15(8-9-15)12-16-10-14(11-16)6-4-3-5-7-14/h13H,3-12H2,1-2H3. The highest BCUT2D eigenvalue weighted by Gasteiger charge is 2.51. The van der Waals surface area contributed by atoms with Gasteiger partial charge >= 0.3 is 0 Å². The van der Waals surface area contributed by atoms with Crippen LogP contribution in [-0.2, 0) is 0 Å². The third-order valence-electron chi connectivity index (χ3n) is 5.69. The Kier molecular flexibility index (Phi) is 2.58. The summed E-state index contributed by atoms with van der Waals surface area (Å²) in [6, 6.07) is 0. The van der Waals surface area contributed by atoms with Gasteiger partial charge in [0.25, 0.3) is 0 Å². The van der Waals surface area contributed by atoms with Gasteiger partial charge in [-0.2, -0.15) is 0 Å². The van der Waals surface area contributed by atoms with E-state index in [9.17, 15) is 0 Å². The molecule has 0 N–H and O–H groups in total. The minimum Gasteiger partial charge on any atom is -0.302 e. The monoisotopic (exact) mass is 221 g/mol. The summed E-state index contributed by atoms with van der Waals surface area (Å²) in [6.45, 7) is 9.11. The quantitative estimate of drug-likeness (QED) is 0.702. The van der Waals surface area contributed by atoms with Crippen LogP contribution in [0.3, 0.4) is 0 Å². The second-order valence-corrected chi connectivity index (χ2v) is 7.22. The first-order valence-electron chi connectivity index (χ1n) is 7.37. The van der Waals surface area contributed by atoms with E-state index in [2.05, 4.69) is 18.7 Å². The Morgan fingerprint density at radius 3 is 2.06 bits per heavy atom. The van der Waals surface area contributed by atoms with Crippen molar-refractivity contribution < 1.29 is 0 Å². The average Bonchev–Trinajstić information content (AvgIpc) is 2.98. The first kappa shape index (κ1) is 11.1. The fraction of sp³-hybridized carbons (Fsp3) is 1.00. The second-order valence-electron chi connectivity index (χ2n) is 7.22. The van der Waals surface area contributed by atoms with Gasteiger partial charge in [-0.3, -0.25) is 0 Å². The van der Waals surface area contributed by atoms with E-state index in [0.29, 0.717) is 0 Å². The van der Waals surface area contributed by atoms with E-state index in [1.165, 1.54) is 64.6 Å². The number of hydrogen-bond donors (Lipinski definition) is 0. The molecule has 1 aliphatic heterocycles. The van der Waals surface area contributed by atoms with Crippen molar-refractivity contribution in [2.75, 3.05) is 19.6 Å². The Hall–Kier alpha value is -0.0400. The van der Waals surface area contributed by atoms with Crippen LogP contribution >= 0.6 is 0 Å². The molecular formula is C15H27N. The summed E-state index contributed by atoms with van der Waals surface area (Å²) >= 11 is 0. The first-order valence-corrected chi connectivity index (χ1v) is 7.37. The maximum absolute atomic E-state index is 2.76. The van der Waals surface area contributed by atoms with Crippen LogP contribution < -0.4 is 0 Å². The molecule has 1 nitrogen and oxygen atoms in total. The fourth-order valence-electron chi connectivity index (χ4n) is 4.16. The Labute approximate surface area is 101 Å². The van der Waals surface area contributed by atoms with E-state index in [-0.39, 0.29) is 0 Å². The summed E-state index contributed by atoms with van der Waals surface area (Å²) in [4.78, 5) is 2.76. The summed E-state index contributed by atoms with van der Waals surface area (Å²) < 4.78 is 0. The summed E-state index contributed by atoms with van der Waals surface area (Å²) in [6.07, 6.45) is 10.5. The largest absolute Gasteiger partial charge is 0.302 e. The summed E-state index contributed by atoms with van der Waals surface area (Å²) in [5.41, 5.74) is 1.52. The van der Waals surface area contributed by atoms with Crippen molar-refractivity contribution in [2.45, 2.75) is 58.8 Å². The van der Waals surface area contributed by atoms with Gasteiger partial charge in [-0.1, -0.05) is 33.1 Å². The highest BCUT2D eigenvalue weighted by molar-refractivity contribution is 5.03. The zero-order valence-electron chi connectivity index (χ0n) is 11.1. The maximum atomic E-state index is 2.76. The Balaban J connectivity index is 1.50. The zero-order valence-corrected chi connectivity index (χ0v) is 11.1. The van der Waals surface area contributed by atoms with Gasteiger partial charge in [0.15, 0.2) is 0 Å². The molecule has 0 aromatic carbocycles. The fourth-order valence-corrected chi connectivity index (χ4v) is 4.16. The zero-order chi connectivity index (χ0) is 11.2. The van der Waals surface area contributed by atoms with Gasteiger partial charge in [0, 0.05) is 19.6 Å². The molecule has 0 aromatic heterocycles. The molecule has 1 spiro atoms.